The van der Waals surface area contributed by atoms with Gasteiger partial charge >= 0.3 is 0 Å². The molecule has 5 atom stereocenters. The summed E-state index contributed by atoms with van der Waals surface area (Å²) in [5, 5.41) is 2.99. The molecule has 1 aromatic carbocycles. The van der Waals surface area contributed by atoms with Crippen molar-refractivity contribution < 1.29 is 28.5 Å². The highest BCUT2D eigenvalue weighted by Crippen LogP contribution is 2.44. The van der Waals surface area contributed by atoms with Crippen molar-refractivity contribution in [3.63, 3.8) is 0 Å². The summed E-state index contributed by atoms with van der Waals surface area (Å²) in [7, 11) is 0. The summed E-state index contributed by atoms with van der Waals surface area (Å²) in [5.74, 6) is -1.16. The lowest BCUT2D eigenvalue weighted by atomic mass is 9.98. The smallest absolute Gasteiger partial charge is 0.252 e. The standard InChI is InChI=1S/C23H31N3O6/c1-6-11-26-14-10-8-7-9-13(14)25-15(26)12-24-20(27)18-16-17(30-22(2,3)29-16)19-21(28-18)32-23(4,5)31-19/h7-10,16-19,21H,6,11-12H2,1-5H3,(H,24,27). The van der Waals surface area contributed by atoms with Crippen molar-refractivity contribution in [1.82, 2.24) is 14.9 Å². The zero-order valence-corrected chi connectivity index (χ0v) is 19.2. The highest BCUT2D eigenvalue weighted by atomic mass is 16.9. The zero-order chi connectivity index (χ0) is 22.7. The number of nitrogens with one attached hydrogen (secondary N) is 1. The number of nitrogens with zero attached hydrogens (tertiary/aromatic N) is 2. The number of rotatable bonds is 5. The summed E-state index contributed by atoms with van der Waals surface area (Å²) in [6.45, 7) is 10.5. The molecule has 0 radical (unpaired) electrons. The van der Waals surface area contributed by atoms with E-state index in [1.807, 2.05) is 52.0 Å². The molecule has 1 N–H and O–H groups in total. The molecule has 0 spiro atoms. The summed E-state index contributed by atoms with van der Waals surface area (Å²) in [6, 6.07) is 7.98. The van der Waals surface area contributed by atoms with E-state index in [9.17, 15) is 4.79 Å². The normalized spacial score (nSPS) is 32.6. The molecule has 9 nitrogen and oxygen atoms in total. The van der Waals surface area contributed by atoms with Gasteiger partial charge in [0.1, 0.15) is 24.1 Å². The van der Waals surface area contributed by atoms with E-state index < -0.39 is 42.3 Å². The quantitative estimate of drug-likeness (QED) is 0.756. The maximum atomic E-state index is 13.3. The van der Waals surface area contributed by atoms with Crippen LogP contribution in [0, 0.1) is 0 Å². The van der Waals surface area contributed by atoms with Gasteiger partial charge in [-0.25, -0.2) is 4.98 Å². The second kappa shape index (κ2) is 7.78. The second-order valence-electron chi connectivity index (χ2n) is 9.48. The maximum absolute atomic E-state index is 13.3. The third-order valence-electron chi connectivity index (χ3n) is 6.01. The minimum Gasteiger partial charge on any atom is -0.347 e. The Labute approximate surface area is 187 Å². The van der Waals surface area contributed by atoms with Crippen LogP contribution in [0.15, 0.2) is 24.3 Å². The summed E-state index contributed by atoms with van der Waals surface area (Å²) in [6.07, 6.45) is -2.15. The van der Waals surface area contributed by atoms with Gasteiger partial charge in [0.2, 0.25) is 0 Å². The van der Waals surface area contributed by atoms with Gasteiger partial charge in [0.05, 0.1) is 17.6 Å². The average molecular weight is 446 g/mol. The largest absolute Gasteiger partial charge is 0.347 e. The van der Waals surface area contributed by atoms with Gasteiger partial charge in [0, 0.05) is 6.54 Å². The number of aryl methyl sites for hydroxylation is 1. The first-order valence-electron chi connectivity index (χ1n) is 11.3. The molecular formula is C23H31N3O6. The first-order chi connectivity index (χ1) is 15.2. The molecule has 3 aliphatic rings. The van der Waals surface area contributed by atoms with Crippen LogP contribution in [0.3, 0.4) is 0 Å². The van der Waals surface area contributed by atoms with E-state index in [1.165, 1.54) is 0 Å². The van der Waals surface area contributed by atoms with Crippen LogP contribution in [0.2, 0.25) is 0 Å². The van der Waals surface area contributed by atoms with Crippen molar-refractivity contribution in [2.24, 2.45) is 0 Å². The number of imidazole rings is 1. The third kappa shape index (κ3) is 3.82. The van der Waals surface area contributed by atoms with E-state index in [0.717, 1.165) is 29.8 Å². The Kier molecular flexibility index (Phi) is 5.29. The van der Waals surface area contributed by atoms with Crippen molar-refractivity contribution in [1.29, 1.82) is 0 Å². The van der Waals surface area contributed by atoms with Crippen molar-refractivity contribution in [2.75, 3.05) is 0 Å². The second-order valence-corrected chi connectivity index (χ2v) is 9.48. The maximum Gasteiger partial charge on any atom is 0.252 e. The Balaban J connectivity index is 1.35. The summed E-state index contributed by atoms with van der Waals surface area (Å²) in [4.78, 5) is 18.0. The highest BCUT2D eigenvalue weighted by Gasteiger charge is 2.62. The van der Waals surface area contributed by atoms with Crippen LogP contribution in [-0.4, -0.2) is 57.7 Å². The molecule has 1 aromatic heterocycles. The van der Waals surface area contributed by atoms with E-state index in [1.54, 1.807) is 0 Å². The molecule has 32 heavy (non-hydrogen) atoms. The van der Waals surface area contributed by atoms with E-state index in [4.69, 9.17) is 28.7 Å². The molecule has 4 heterocycles. The topological polar surface area (TPSA) is 93.1 Å². The molecule has 5 unspecified atom stereocenters. The summed E-state index contributed by atoms with van der Waals surface area (Å²) < 4.78 is 32.2. The Morgan fingerprint density at radius 2 is 1.72 bits per heavy atom. The molecule has 0 saturated carbocycles. The van der Waals surface area contributed by atoms with Crippen molar-refractivity contribution in [2.45, 2.75) is 96.4 Å². The molecule has 3 saturated heterocycles. The lowest BCUT2D eigenvalue weighted by Crippen LogP contribution is -2.59. The molecule has 9 heteroatoms. The SMILES string of the molecule is CCCn1c(CNC(=O)C2OC3OC(C)(C)OC3C3OC(C)(C)OC23)nc2ccccc21. The van der Waals surface area contributed by atoms with E-state index in [0.29, 0.717) is 0 Å². The van der Waals surface area contributed by atoms with Gasteiger partial charge in [-0.3, -0.25) is 4.79 Å². The number of amides is 1. The minimum atomic E-state index is -0.885. The predicted octanol–water partition coefficient (Wildman–Crippen LogP) is 2.46. The first-order valence-corrected chi connectivity index (χ1v) is 11.3. The van der Waals surface area contributed by atoms with Crippen molar-refractivity contribution >= 4 is 16.9 Å². The molecule has 5 rings (SSSR count). The summed E-state index contributed by atoms with van der Waals surface area (Å²) >= 11 is 0. The molecule has 0 aliphatic carbocycles. The summed E-state index contributed by atoms with van der Waals surface area (Å²) in [5.41, 5.74) is 1.97. The van der Waals surface area contributed by atoms with E-state index >= 15 is 0 Å². The van der Waals surface area contributed by atoms with Crippen LogP contribution in [0.4, 0.5) is 0 Å². The molecule has 3 aliphatic heterocycles. The highest BCUT2D eigenvalue weighted by molar-refractivity contribution is 5.82. The van der Waals surface area contributed by atoms with Gasteiger partial charge in [-0.05, 0) is 46.2 Å². The van der Waals surface area contributed by atoms with Crippen LogP contribution in [-0.2, 0) is 41.6 Å². The zero-order valence-electron chi connectivity index (χ0n) is 19.2. The Bertz CT molecular complexity index is 1020. The average Bonchev–Trinajstić information content (AvgIpc) is 3.35. The van der Waals surface area contributed by atoms with E-state index in [2.05, 4.69) is 16.8 Å². The van der Waals surface area contributed by atoms with Gasteiger partial charge < -0.3 is 33.6 Å². The molecular weight excluding hydrogens is 414 g/mol. The number of carbonyl (C=O) groups excluding carboxylic acids is 1. The van der Waals surface area contributed by atoms with Crippen LogP contribution in [0.1, 0.15) is 46.9 Å². The number of aromatic nitrogens is 2. The van der Waals surface area contributed by atoms with Crippen molar-refractivity contribution in [3.05, 3.63) is 30.1 Å². The fourth-order valence-electron chi connectivity index (χ4n) is 4.82. The van der Waals surface area contributed by atoms with Crippen LogP contribution in [0.25, 0.3) is 11.0 Å². The Hall–Kier alpha value is -2.04. The fourth-order valence-corrected chi connectivity index (χ4v) is 4.82. The van der Waals surface area contributed by atoms with Gasteiger partial charge in [-0.15, -0.1) is 0 Å². The Morgan fingerprint density at radius 3 is 2.50 bits per heavy atom. The number of hydrogen-bond acceptors (Lipinski definition) is 7. The number of ether oxygens (including phenoxy) is 5. The third-order valence-corrected chi connectivity index (χ3v) is 6.01. The van der Waals surface area contributed by atoms with Gasteiger partial charge in [0.25, 0.3) is 5.91 Å². The van der Waals surface area contributed by atoms with Crippen LogP contribution >= 0.6 is 0 Å². The predicted molar refractivity (Wildman–Crippen MR) is 114 cm³/mol. The number of hydrogen-bond donors (Lipinski definition) is 1. The minimum absolute atomic E-state index is 0.284. The molecule has 0 bridgehead atoms. The molecule has 1 amide bonds. The van der Waals surface area contributed by atoms with Gasteiger partial charge in [0.15, 0.2) is 24.0 Å². The van der Waals surface area contributed by atoms with Crippen LogP contribution < -0.4 is 5.32 Å². The fraction of sp³-hybridized carbons (Fsp3) is 0.652. The monoisotopic (exact) mass is 445 g/mol. The first kappa shape index (κ1) is 21.8. The molecule has 2 aromatic rings. The lowest BCUT2D eigenvalue weighted by Gasteiger charge is -2.36. The number of carbonyl (C=O) groups is 1. The molecule has 3 fully saturated rings. The number of benzene rings is 1. The number of para-hydroxylation sites is 2. The van der Waals surface area contributed by atoms with Crippen molar-refractivity contribution in [3.8, 4) is 0 Å². The lowest BCUT2D eigenvalue weighted by molar-refractivity contribution is -0.231. The number of fused-ring (bicyclic) bond motifs is 4. The van der Waals surface area contributed by atoms with Gasteiger partial charge in [-0.2, -0.15) is 0 Å². The Morgan fingerprint density at radius 1 is 1.03 bits per heavy atom. The van der Waals surface area contributed by atoms with Gasteiger partial charge in [-0.1, -0.05) is 19.1 Å². The molecule has 174 valence electrons. The van der Waals surface area contributed by atoms with Crippen LogP contribution in [0.5, 0.6) is 0 Å². The van der Waals surface area contributed by atoms with E-state index in [-0.39, 0.29) is 12.5 Å².